The van der Waals surface area contributed by atoms with Gasteiger partial charge in [-0.1, -0.05) is 18.2 Å². The number of fused-ring (bicyclic) bond motifs is 3. The van der Waals surface area contributed by atoms with Gasteiger partial charge in [-0.15, -0.1) is 0 Å². The molecular formula is C18H16N2O3. The number of hydrogen-bond acceptors (Lipinski definition) is 3. The Morgan fingerprint density at radius 1 is 1.13 bits per heavy atom. The minimum atomic E-state index is -0.885. The third-order valence-corrected chi connectivity index (χ3v) is 4.92. The highest BCUT2D eigenvalue weighted by atomic mass is 16.4. The van der Waals surface area contributed by atoms with Crippen molar-refractivity contribution in [3.8, 4) is 0 Å². The second-order valence-electron chi connectivity index (χ2n) is 6.24. The monoisotopic (exact) mass is 308 g/mol. The van der Waals surface area contributed by atoms with Gasteiger partial charge >= 0.3 is 5.97 Å². The Kier molecular flexibility index (Phi) is 3.15. The van der Waals surface area contributed by atoms with E-state index in [1.54, 1.807) is 12.3 Å². The molecule has 2 aliphatic rings. The molecular weight excluding hydrogens is 292 g/mol. The minimum absolute atomic E-state index is 0.0194. The zero-order chi connectivity index (χ0) is 16.0. The van der Waals surface area contributed by atoms with E-state index in [2.05, 4.69) is 10.3 Å². The molecule has 2 N–H and O–H groups in total. The molecule has 1 fully saturated rings. The maximum absolute atomic E-state index is 12.6. The van der Waals surface area contributed by atoms with Crippen LogP contribution in [-0.2, 0) is 9.59 Å². The molecule has 116 valence electrons. The summed E-state index contributed by atoms with van der Waals surface area (Å²) in [5.74, 6) is -2.20. The lowest BCUT2D eigenvalue weighted by Gasteiger charge is -2.23. The van der Waals surface area contributed by atoms with Crippen LogP contribution in [-0.4, -0.2) is 22.0 Å². The first kappa shape index (κ1) is 13.9. The molecule has 5 heteroatoms. The van der Waals surface area contributed by atoms with Gasteiger partial charge in [-0.2, -0.15) is 0 Å². The number of carbonyl (C=O) groups excluding carboxylic acids is 1. The van der Waals surface area contributed by atoms with Gasteiger partial charge in [0.25, 0.3) is 0 Å². The van der Waals surface area contributed by atoms with E-state index >= 15 is 0 Å². The van der Waals surface area contributed by atoms with Crippen molar-refractivity contribution in [2.75, 3.05) is 5.32 Å². The van der Waals surface area contributed by atoms with Crippen LogP contribution in [0, 0.1) is 23.7 Å². The molecule has 2 aliphatic carbocycles. The molecule has 23 heavy (non-hydrogen) atoms. The van der Waals surface area contributed by atoms with Crippen LogP contribution in [0.3, 0.4) is 0 Å². The summed E-state index contributed by atoms with van der Waals surface area (Å²) in [5, 5.41) is 13.3. The topological polar surface area (TPSA) is 79.3 Å². The molecule has 2 aromatic rings. The number of benzene rings is 1. The van der Waals surface area contributed by atoms with Crippen molar-refractivity contribution in [1.29, 1.82) is 0 Å². The first-order valence-electron chi connectivity index (χ1n) is 7.70. The fraction of sp³-hybridized carbons (Fsp3) is 0.278. The third-order valence-electron chi connectivity index (χ3n) is 4.92. The number of rotatable bonds is 3. The maximum atomic E-state index is 12.6. The SMILES string of the molecule is O=C(O)[C@@H]1[C@@H](C(=O)Nc2ccc3ncccc3c2)[C@H]2C=C[C@H]1C2. The number of hydrogen-bond donors (Lipinski definition) is 2. The first-order chi connectivity index (χ1) is 11.1. The number of carboxylic acid groups (broad SMARTS) is 1. The summed E-state index contributed by atoms with van der Waals surface area (Å²) in [6.07, 6.45) is 6.41. The molecule has 0 spiro atoms. The number of aromatic nitrogens is 1. The maximum Gasteiger partial charge on any atom is 0.307 e. The highest BCUT2D eigenvalue weighted by molar-refractivity contribution is 5.97. The van der Waals surface area contributed by atoms with Crippen molar-refractivity contribution in [2.45, 2.75) is 6.42 Å². The van der Waals surface area contributed by atoms with E-state index in [0.29, 0.717) is 5.69 Å². The molecule has 0 aliphatic heterocycles. The number of anilines is 1. The minimum Gasteiger partial charge on any atom is -0.481 e. The number of amides is 1. The zero-order valence-electron chi connectivity index (χ0n) is 12.3. The van der Waals surface area contributed by atoms with Crippen molar-refractivity contribution in [3.63, 3.8) is 0 Å². The van der Waals surface area contributed by atoms with E-state index in [-0.39, 0.29) is 17.7 Å². The number of nitrogens with one attached hydrogen (secondary N) is 1. The van der Waals surface area contributed by atoms with Crippen molar-refractivity contribution in [1.82, 2.24) is 4.98 Å². The average molecular weight is 308 g/mol. The molecule has 5 nitrogen and oxygen atoms in total. The predicted octanol–water partition coefficient (Wildman–Crippen LogP) is 2.70. The molecule has 1 saturated carbocycles. The summed E-state index contributed by atoms with van der Waals surface area (Å²) in [4.78, 5) is 28.4. The number of aliphatic carboxylic acids is 1. The number of pyridine rings is 1. The summed E-state index contributed by atoms with van der Waals surface area (Å²) in [6, 6.07) is 9.28. The highest BCUT2D eigenvalue weighted by Crippen LogP contribution is 2.48. The lowest BCUT2D eigenvalue weighted by atomic mass is 9.82. The van der Waals surface area contributed by atoms with Crippen LogP contribution in [0.4, 0.5) is 5.69 Å². The Morgan fingerprint density at radius 3 is 2.70 bits per heavy atom. The number of carboxylic acids is 1. The van der Waals surface area contributed by atoms with Gasteiger partial charge in [-0.3, -0.25) is 14.6 Å². The van der Waals surface area contributed by atoms with Crippen molar-refractivity contribution in [3.05, 3.63) is 48.7 Å². The second kappa shape index (κ2) is 5.19. The molecule has 1 heterocycles. The molecule has 1 amide bonds. The molecule has 0 saturated heterocycles. The molecule has 0 unspecified atom stereocenters. The predicted molar refractivity (Wildman–Crippen MR) is 85.7 cm³/mol. The van der Waals surface area contributed by atoms with Gasteiger partial charge in [0.15, 0.2) is 0 Å². The van der Waals surface area contributed by atoms with Gasteiger partial charge in [0.05, 0.1) is 17.4 Å². The normalized spacial score (nSPS) is 28.2. The Morgan fingerprint density at radius 2 is 1.91 bits per heavy atom. The fourth-order valence-corrected chi connectivity index (χ4v) is 3.90. The summed E-state index contributed by atoms with van der Waals surface area (Å²) in [7, 11) is 0. The highest BCUT2D eigenvalue weighted by Gasteiger charge is 2.51. The van der Waals surface area contributed by atoms with Crippen LogP contribution < -0.4 is 5.32 Å². The van der Waals surface area contributed by atoms with Crippen LogP contribution >= 0.6 is 0 Å². The van der Waals surface area contributed by atoms with E-state index in [1.807, 2.05) is 36.4 Å². The van der Waals surface area contributed by atoms with Crippen LogP contribution in [0.25, 0.3) is 10.9 Å². The van der Waals surface area contributed by atoms with E-state index in [4.69, 9.17) is 0 Å². The summed E-state index contributed by atoms with van der Waals surface area (Å²) >= 11 is 0. The molecule has 1 aromatic heterocycles. The van der Waals surface area contributed by atoms with E-state index in [1.165, 1.54) is 0 Å². The van der Waals surface area contributed by atoms with Crippen molar-refractivity contribution in [2.24, 2.45) is 23.7 Å². The third kappa shape index (κ3) is 2.29. The smallest absolute Gasteiger partial charge is 0.307 e. The van der Waals surface area contributed by atoms with E-state index < -0.39 is 17.8 Å². The molecule has 0 radical (unpaired) electrons. The molecule has 4 rings (SSSR count). The van der Waals surface area contributed by atoms with Gasteiger partial charge in [0.1, 0.15) is 0 Å². The lowest BCUT2D eigenvalue weighted by Crippen LogP contribution is -2.36. The largest absolute Gasteiger partial charge is 0.481 e. The van der Waals surface area contributed by atoms with Crippen LogP contribution in [0.1, 0.15) is 6.42 Å². The summed E-state index contributed by atoms with van der Waals surface area (Å²) < 4.78 is 0. The Labute approximate surface area is 133 Å². The van der Waals surface area contributed by atoms with E-state index in [0.717, 1.165) is 17.3 Å². The number of allylic oxidation sites excluding steroid dienone is 2. The average Bonchev–Trinajstić information content (AvgIpc) is 3.15. The van der Waals surface area contributed by atoms with Gasteiger partial charge in [-0.25, -0.2) is 0 Å². The standard InChI is InChI=1S/C18H16N2O3/c21-17(15-11-3-4-12(8-11)16(15)18(22)23)20-13-5-6-14-10(9-13)2-1-7-19-14/h1-7,9,11-12,15-16H,8H2,(H,20,21)(H,22,23)/t11-,12-,15-,16-/m0/s1. The summed E-state index contributed by atoms with van der Waals surface area (Å²) in [6.45, 7) is 0. The van der Waals surface area contributed by atoms with Gasteiger partial charge in [-0.05, 0) is 42.5 Å². The fourth-order valence-electron chi connectivity index (χ4n) is 3.90. The number of nitrogens with zero attached hydrogens (tertiary/aromatic N) is 1. The summed E-state index contributed by atoms with van der Waals surface area (Å²) in [5.41, 5.74) is 1.53. The van der Waals surface area contributed by atoms with Gasteiger partial charge < -0.3 is 10.4 Å². The Bertz CT molecular complexity index is 830. The van der Waals surface area contributed by atoms with E-state index in [9.17, 15) is 14.7 Å². The second-order valence-corrected chi connectivity index (χ2v) is 6.24. The first-order valence-corrected chi connectivity index (χ1v) is 7.70. The number of carbonyl (C=O) groups is 2. The lowest BCUT2D eigenvalue weighted by molar-refractivity contribution is -0.146. The Hall–Kier alpha value is -2.69. The quantitative estimate of drug-likeness (QED) is 0.854. The Balaban J connectivity index is 1.59. The van der Waals surface area contributed by atoms with Crippen LogP contribution in [0.15, 0.2) is 48.7 Å². The molecule has 4 atom stereocenters. The molecule has 1 aromatic carbocycles. The van der Waals surface area contributed by atoms with Crippen molar-refractivity contribution >= 4 is 28.5 Å². The van der Waals surface area contributed by atoms with Gasteiger partial charge in [0, 0.05) is 17.3 Å². The van der Waals surface area contributed by atoms with Crippen LogP contribution in [0.2, 0.25) is 0 Å². The van der Waals surface area contributed by atoms with Gasteiger partial charge in [0.2, 0.25) is 5.91 Å². The van der Waals surface area contributed by atoms with Crippen molar-refractivity contribution < 1.29 is 14.7 Å². The van der Waals surface area contributed by atoms with Crippen LogP contribution in [0.5, 0.6) is 0 Å². The molecule has 2 bridgehead atoms. The zero-order valence-corrected chi connectivity index (χ0v) is 12.3.